The zero-order valence-corrected chi connectivity index (χ0v) is 13.4. The lowest BCUT2D eigenvalue weighted by Crippen LogP contribution is -2.18. The Morgan fingerprint density at radius 3 is 2.62 bits per heavy atom. The van der Waals surface area contributed by atoms with Crippen LogP contribution in [0.15, 0.2) is 52.9 Å². The van der Waals surface area contributed by atoms with Crippen LogP contribution in [0.25, 0.3) is 11.5 Å². The third-order valence-electron chi connectivity index (χ3n) is 3.48. The van der Waals surface area contributed by atoms with E-state index in [9.17, 15) is 4.79 Å². The topological polar surface area (TPSA) is 77.2 Å². The van der Waals surface area contributed by atoms with Crippen LogP contribution in [0.3, 0.4) is 0 Å². The predicted molar refractivity (Wildman–Crippen MR) is 88.6 cm³/mol. The molecule has 6 nitrogen and oxygen atoms in total. The van der Waals surface area contributed by atoms with E-state index in [2.05, 4.69) is 15.5 Å². The number of para-hydroxylation sites is 1. The van der Waals surface area contributed by atoms with Gasteiger partial charge in [0, 0.05) is 12.6 Å². The second-order valence-corrected chi connectivity index (χ2v) is 5.23. The van der Waals surface area contributed by atoms with Crippen molar-refractivity contribution in [3.63, 3.8) is 0 Å². The number of amides is 1. The number of hydrogen-bond acceptors (Lipinski definition) is 5. The smallest absolute Gasteiger partial charge is 0.254 e. The van der Waals surface area contributed by atoms with Gasteiger partial charge in [-0.25, -0.2) is 0 Å². The fourth-order valence-corrected chi connectivity index (χ4v) is 2.18. The second kappa shape index (κ2) is 6.95. The molecule has 0 aliphatic heterocycles. The van der Waals surface area contributed by atoms with Gasteiger partial charge in [-0.3, -0.25) is 4.79 Å². The number of ether oxygens (including phenoxy) is 1. The minimum absolute atomic E-state index is 0.0901. The van der Waals surface area contributed by atoms with Crippen LogP contribution < -0.4 is 10.1 Å². The Kier molecular flexibility index (Phi) is 4.56. The summed E-state index contributed by atoms with van der Waals surface area (Å²) in [5, 5.41) is 10.6. The molecule has 6 heteroatoms. The number of aryl methyl sites for hydroxylation is 1. The standard InChI is InChI=1S/C18H17N3O3/c1-12-7-9-13(10-8-12)18-21-20-16(24-18)11-23-15-6-4-3-5-14(15)17(22)19-2/h3-10H,11H2,1-2H3,(H,19,22). The highest BCUT2D eigenvalue weighted by atomic mass is 16.5. The lowest BCUT2D eigenvalue weighted by molar-refractivity contribution is 0.0958. The maximum absolute atomic E-state index is 11.8. The van der Waals surface area contributed by atoms with E-state index in [1.807, 2.05) is 31.2 Å². The molecule has 0 atom stereocenters. The molecular formula is C18H17N3O3. The predicted octanol–water partition coefficient (Wildman–Crippen LogP) is 2.98. The summed E-state index contributed by atoms with van der Waals surface area (Å²) in [7, 11) is 1.57. The van der Waals surface area contributed by atoms with Gasteiger partial charge in [-0.15, -0.1) is 10.2 Å². The van der Waals surface area contributed by atoms with Gasteiger partial charge >= 0.3 is 0 Å². The molecule has 2 aromatic carbocycles. The summed E-state index contributed by atoms with van der Waals surface area (Å²) in [5.41, 5.74) is 2.47. The molecule has 122 valence electrons. The number of benzene rings is 2. The van der Waals surface area contributed by atoms with E-state index >= 15 is 0 Å². The van der Waals surface area contributed by atoms with Gasteiger partial charge < -0.3 is 14.5 Å². The van der Waals surface area contributed by atoms with Crippen molar-refractivity contribution in [2.45, 2.75) is 13.5 Å². The van der Waals surface area contributed by atoms with Gasteiger partial charge in [-0.2, -0.15) is 0 Å². The Labute approximate surface area is 139 Å². The Morgan fingerprint density at radius 1 is 1.12 bits per heavy atom. The van der Waals surface area contributed by atoms with Crippen LogP contribution in [0.4, 0.5) is 0 Å². The highest BCUT2D eigenvalue weighted by Crippen LogP contribution is 2.21. The van der Waals surface area contributed by atoms with Gasteiger partial charge in [0.25, 0.3) is 11.8 Å². The SMILES string of the molecule is CNC(=O)c1ccccc1OCc1nnc(-c2ccc(C)cc2)o1. The molecule has 0 fully saturated rings. The molecule has 3 aromatic rings. The van der Waals surface area contributed by atoms with E-state index in [4.69, 9.17) is 9.15 Å². The fraction of sp³-hybridized carbons (Fsp3) is 0.167. The monoisotopic (exact) mass is 323 g/mol. The molecular weight excluding hydrogens is 306 g/mol. The first-order valence-corrected chi connectivity index (χ1v) is 7.50. The molecule has 0 aliphatic rings. The Morgan fingerprint density at radius 2 is 1.88 bits per heavy atom. The minimum Gasteiger partial charge on any atom is -0.483 e. The van der Waals surface area contributed by atoms with Crippen molar-refractivity contribution in [2.75, 3.05) is 7.05 Å². The third-order valence-corrected chi connectivity index (χ3v) is 3.48. The molecule has 1 heterocycles. The maximum Gasteiger partial charge on any atom is 0.254 e. The Hall–Kier alpha value is -3.15. The number of nitrogens with zero attached hydrogens (tertiary/aromatic N) is 2. The molecule has 0 bridgehead atoms. The first-order chi connectivity index (χ1) is 11.7. The van der Waals surface area contributed by atoms with Gasteiger partial charge in [-0.05, 0) is 31.2 Å². The summed E-state index contributed by atoms with van der Waals surface area (Å²) >= 11 is 0. The third kappa shape index (κ3) is 3.43. The first kappa shape index (κ1) is 15.7. The molecule has 0 aliphatic carbocycles. The summed E-state index contributed by atoms with van der Waals surface area (Å²) in [6.45, 7) is 2.10. The van der Waals surface area contributed by atoms with Crippen LogP contribution >= 0.6 is 0 Å². The number of rotatable bonds is 5. The van der Waals surface area contributed by atoms with Gasteiger partial charge in [0.1, 0.15) is 5.75 Å². The summed E-state index contributed by atoms with van der Waals surface area (Å²) < 4.78 is 11.3. The lowest BCUT2D eigenvalue weighted by atomic mass is 10.1. The van der Waals surface area contributed by atoms with E-state index in [1.165, 1.54) is 0 Å². The number of aromatic nitrogens is 2. The normalized spacial score (nSPS) is 10.4. The van der Waals surface area contributed by atoms with E-state index in [0.717, 1.165) is 11.1 Å². The molecule has 1 N–H and O–H groups in total. The Bertz CT molecular complexity index is 841. The zero-order chi connectivity index (χ0) is 16.9. The minimum atomic E-state index is -0.212. The van der Waals surface area contributed by atoms with Crippen LogP contribution in [-0.2, 0) is 6.61 Å². The van der Waals surface area contributed by atoms with Crippen molar-refractivity contribution in [3.8, 4) is 17.2 Å². The van der Waals surface area contributed by atoms with Crippen molar-refractivity contribution >= 4 is 5.91 Å². The van der Waals surface area contributed by atoms with Crippen LogP contribution in [0.5, 0.6) is 5.75 Å². The van der Waals surface area contributed by atoms with Gasteiger partial charge in [0.2, 0.25) is 5.89 Å². The quantitative estimate of drug-likeness (QED) is 0.781. The summed E-state index contributed by atoms with van der Waals surface area (Å²) in [6.07, 6.45) is 0. The van der Waals surface area contributed by atoms with Gasteiger partial charge in [0.15, 0.2) is 6.61 Å². The molecule has 0 saturated heterocycles. The molecule has 0 unspecified atom stereocenters. The number of nitrogens with one attached hydrogen (secondary N) is 1. The maximum atomic E-state index is 11.8. The van der Waals surface area contributed by atoms with Crippen LogP contribution in [0.1, 0.15) is 21.8 Å². The number of hydrogen-bond donors (Lipinski definition) is 1. The molecule has 1 aromatic heterocycles. The molecule has 1 amide bonds. The molecule has 0 saturated carbocycles. The molecule has 24 heavy (non-hydrogen) atoms. The van der Waals surface area contributed by atoms with E-state index < -0.39 is 0 Å². The van der Waals surface area contributed by atoms with Crippen LogP contribution in [0, 0.1) is 6.92 Å². The van der Waals surface area contributed by atoms with E-state index in [0.29, 0.717) is 23.1 Å². The van der Waals surface area contributed by atoms with Gasteiger partial charge in [-0.1, -0.05) is 29.8 Å². The molecule has 3 rings (SSSR count). The Balaban J connectivity index is 1.72. The van der Waals surface area contributed by atoms with Gasteiger partial charge in [0.05, 0.1) is 5.56 Å². The van der Waals surface area contributed by atoms with Crippen molar-refractivity contribution in [1.82, 2.24) is 15.5 Å². The van der Waals surface area contributed by atoms with E-state index in [1.54, 1.807) is 31.3 Å². The van der Waals surface area contributed by atoms with Crippen LogP contribution in [0.2, 0.25) is 0 Å². The van der Waals surface area contributed by atoms with Crippen molar-refractivity contribution in [3.05, 3.63) is 65.5 Å². The average molecular weight is 323 g/mol. The average Bonchev–Trinajstić information content (AvgIpc) is 3.09. The molecule has 0 radical (unpaired) electrons. The van der Waals surface area contributed by atoms with Crippen molar-refractivity contribution in [2.24, 2.45) is 0 Å². The highest BCUT2D eigenvalue weighted by molar-refractivity contribution is 5.96. The molecule has 0 spiro atoms. The fourth-order valence-electron chi connectivity index (χ4n) is 2.18. The number of carbonyl (C=O) groups excluding carboxylic acids is 1. The zero-order valence-electron chi connectivity index (χ0n) is 13.4. The van der Waals surface area contributed by atoms with Crippen molar-refractivity contribution < 1.29 is 13.9 Å². The largest absolute Gasteiger partial charge is 0.483 e. The van der Waals surface area contributed by atoms with Crippen molar-refractivity contribution in [1.29, 1.82) is 0 Å². The van der Waals surface area contributed by atoms with E-state index in [-0.39, 0.29) is 12.5 Å². The first-order valence-electron chi connectivity index (χ1n) is 7.50. The lowest BCUT2D eigenvalue weighted by Gasteiger charge is -2.08. The summed E-state index contributed by atoms with van der Waals surface area (Å²) in [4.78, 5) is 11.8. The highest BCUT2D eigenvalue weighted by Gasteiger charge is 2.13. The number of carbonyl (C=O) groups is 1. The van der Waals surface area contributed by atoms with Crippen LogP contribution in [-0.4, -0.2) is 23.2 Å². The second-order valence-electron chi connectivity index (χ2n) is 5.23. The summed E-state index contributed by atoms with van der Waals surface area (Å²) in [6, 6.07) is 14.8. The summed E-state index contributed by atoms with van der Waals surface area (Å²) in [5.74, 6) is 1.04.